The number of amides is 1. The molecule has 98 valence electrons. The minimum absolute atomic E-state index is 0.0866. The van der Waals surface area contributed by atoms with Crippen molar-refractivity contribution in [3.63, 3.8) is 0 Å². The zero-order valence-corrected chi connectivity index (χ0v) is 12.9. The van der Waals surface area contributed by atoms with Gasteiger partial charge in [-0.1, -0.05) is 52.6 Å². The molecule has 1 aromatic rings. The van der Waals surface area contributed by atoms with Crippen molar-refractivity contribution in [2.24, 2.45) is 0 Å². The average molecular weight is 377 g/mol. The van der Waals surface area contributed by atoms with Crippen LogP contribution in [0.3, 0.4) is 0 Å². The van der Waals surface area contributed by atoms with Crippen molar-refractivity contribution < 1.29 is 9.53 Å². The predicted molar refractivity (Wildman–Crippen MR) is 84.2 cm³/mol. The van der Waals surface area contributed by atoms with Crippen molar-refractivity contribution in [2.45, 2.75) is 4.90 Å². The number of ether oxygens (including phenoxy) is 1. The number of alkyl halides is 1. The summed E-state index contributed by atoms with van der Waals surface area (Å²) in [5.41, 5.74) is 0. The van der Waals surface area contributed by atoms with Crippen LogP contribution in [-0.4, -0.2) is 30.1 Å². The van der Waals surface area contributed by atoms with E-state index in [1.54, 1.807) is 5.41 Å². The van der Waals surface area contributed by atoms with E-state index in [2.05, 4.69) is 27.9 Å². The van der Waals surface area contributed by atoms with Gasteiger partial charge in [0.15, 0.2) is 0 Å². The van der Waals surface area contributed by atoms with Gasteiger partial charge in [-0.3, -0.25) is 4.79 Å². The van der Waals surface area contributed by atoms with E-state index in [-0.39, 0.29) is 5.91 Å². The second-order valence-electron chi connectivity index (χ2n) is 3.33. The van der Waals surface area contributed by atoms with Gasteiger partial charge in [-0.25, -0.2) is 0 Å². The Morgan fingerprint density at radius 1 is 1.33 bits per heavy atom. The summed E-state index contributed by atoms with van der Waals surface area (Å²) in [6, 6.07) is 9.92. The lowest BCUT2D eigenvalue weighted by molar-refractivity contribution is -0.116. The molecule has 0 bridgehead atoms. The third-order valence-electron chi connectivity index (χ3n) is 1.93. The van der Waals surface area contributed by atoms with E-state index in [1.165, 1.54) is 17.8 Å². The summed E-state index contributed by atoms with van der Waals surface area (Å²) in [4.78, 5) is 12.5. The van der Waals surface area contributed by atoms with Gasteiger partial charge in [0, 0.05) is 21.9 Å². The van der Waals surface area contributed by atoms with Gasteiger partial charge in [-0.2, -0.15) is 0 Å². The van der Waals surface area contributed by atoms with E-state index in [9.17, 15) is 4.79 Å². The van der Waals surface area contributed by atoms with Gasteiger partial charge in [-0.15, -0.1) is 0 Å². The first-order chi connectivity index (χ1) is 8.83. The Balaban J connectivity index is 2.12. The monoisotopic (exact) mass is 377 g/mol. The zero-order valence-electron chi connectivity index (χ0n) is 9.97. The van der Waals surface area contributed by atoms with E-state index >= 15 is 0 Å². The second-order valence-corrected chi connectivity index (χ2v) is 5.38. The predicted octanol–water partition coefficient (Wildman–Crippen LogP) is 2.86. The van der Waals surface area contributed by atoms with Crippen molar-refractivity contribution in [3.8, 4) is 0 Å². The molecule has 0 heterocycles. The first-order valence-corrected chi connectivity index (χ1v) is 8.03. The van der Waals surface area contributed by atoms with Gasteiger partial charge < -0.3 is 10.1 Å². The Morgan fingerprint density at radius 3 is 2.83 bits per heavy atom. The molecule has 1 aromatic carbocycles. The van der Waals surface area contributed by atoms with Crippen LogP contribution in [0.15, 0.2) is 46.7 Å². The van der Waals surface area contributed by atoms with E-state index < -0.39 is 0 Å². The Labute approximate surface area is 126 Å². The first kappa shape index (κ1) is 15.5. The standard InChI is InChI=1S/C13H16INO2S/c14-7-9-17-10-8-15-13(16)6-11-18-12-4-2-1-3-5-12/h1-6,11H,7-10H2,(H,15,16). The fourth-order valence-corrected chi connectivity index (χ4v) is 2.11. The number of benzene rings is 1. The first-order valence-electron chi connectivity index (χ1n) is 5.62. The van der Waals surface area contributed by atoms with Crippen LogP contribution < -0.4 is 5.32 Å². The molecule has 0 atom stereocenters. The number of carbonyl (C=O) groups is 1. The van der Waals surface area contributed by atoms with Crippen LogP contribution in [0, 0.1) is 0 Å². The second kappa shape index (κ2) is 10.4. The molecule has 0 radical (unpaired) electrons. The molecule has 0 aliphatic rings. The van der Waals surface area contributed by atoms with Crippen LogP contribution in [-0.2, 0) is 9.53 Å². The number of rotatable bonds is 8. The van der Waals surface area contributed by atoms with Gasteiger partial charge >= 0.3 is 0 Å². The number of hydrogen-bond acceptors (Lipinski definition) is 3. The van der Waals surface area contributed by atoms with Gasteiger partial charge in [0.1, 0.15) is 0 Å². The van der Waals surface area contributed by atoms with Crippen LogP contribution in [0.5, 0.6) is 0 Å². The smallest absolute Gasteiger partial charge is 0.244 e. The molecule has 0 saturated carbocycles. The molecule has 1 rings (SSSR count). The summed E-state index contributed by atoms with van der Waals surface area (Å²) in [7, 11) is 0. The van der Waals surface area contributed by atoms with E-state index in [4.69, 9.17) is 4.74 Å². The minimum Gasteiger partial charge on any atom is -0.379 e. The van der Waals surface area contributed by atoms with Gasteiger partial charge in [0.05, 0.1) is 13.2 Å². The van der Waals surface area contributed by atoms with Gasteiger partial charge in [-0.05, 0) is 17.5 Å². The lowest BCUT2D eigenvalue weighted by atomic mass is 10.4. The maximum absolute atomic E-state index is 11.4. The maximum atomic E-state index is 11.4. The Morgan fingerprint density at radius 2 is 2.11 bits per heavy atom. The third kappa shape index (κ3) is 7.73. The van der Waals surface area contributed by atoms with Gasteiger partial charge in [0.2, 0.25) is 5.91 Å². The number of thioether (sulfide) groups is 1. The maximum Gasteiger partial charge on any atom is 0.244 e. The van der Waals surface area contributed by atoms with E-state index in [1.807, 2.05) is 30.3 Å². The molecular weight excluding hydrogens is 361 g/mol. The Kier molecular flexibility index (Phi) is 8.97. The summed E-state index contributed by atoms with van der Waals surface area (Å²) in [5.74, 6) is -0.0866. The van der Waals surface area contributed by atoms with Crippen LogP contribution >= 0.6 is 34.4 Å². The highest BCUT2D eigenvalue weighted by atomic mass is 127. The molecule has 18 heavy (non-hydrogen) atoms. The third-order valence-corrected chi connectivity index (χ3v) is 3.19. The molecule has 0 saturated heterocycles. The SMILES string of the molecule is O=C(C=CSc1ccccc1)NCCOCCI. The van der Waals surface area contributed by atoms with Crippen molar-refractivity contribution in [2.75, 3.05) is 24.2 Å². The topological polar surface area (TPSA) is 38.3 Å². The zero-order chi connectivity index (χ0) is 13.1. The normalized spacial score (nSPS) is 10.7. The number of nitrogens with one attached hydrogen (secondary N) is 1. The minimum atomic E-state index is -0.0866. The summed E-state index contributed by atoms with van der Waals surface area (Å²) < 4.78 is 6.23. The van der Waals surface area contributed by atoms with Crippen molar-refractivity contribution in [3.05, 3.63) is 41.8 Å². The molecule has 0 unspecified atom stereocenters. The lowest BCUT2D eigenvalue weighted by Crippen LogP contribution is -2.25. The summed E-state index contributed by atoms with van der Waals surface area (Å²) >= 11 is 3.77. The fraction of sp³-hybridized carbons (Fsp3) is 0.308. The Bertz CT molecular complexity index is 371. The fourth-order valence-electron chi connectivity index (χ4n) is 1.14. The summed E-state index contributed by atoms with van der Waals surface area (Å²) in [6.45, 7) is 1.85. The summed E-state index contributed by atoms with van der Waals surface area (Å²) in [6.07, 6.45) is 1.54. The molecule has 5 heteroatoms. The molecule has 0 fully saturated rings. The van der Waals surface area contributed by atoms with E-state index in [0.717, 1.165) is 15.9 Å². The quantitative estimate of drug-likeness (QED) is 0.249. The molecular formula is C13H16INO2S. The number of hydrogen-bond donors (Lipinski definition) is 1. The molecule has 1 amide bonds. The molecule has 0 spiro atoms. The highest BCUT2D eigenvalue weighted by Gasteiger charge is 1.94. The summed E-state index contributed by atoms with van der Waals surface area (Å²) in [5, 5.41) is 4.55. The van der Waals surface area contributed by atoms with Gasteiger partial charge in [0.25, 0.3) is 0 Å². The van der Waals surface area contributed by atoms with Crippen molar-refractivity contribution >= 4 is 40.3 Å². The van der Waals surface area contributed by atoms with Crippen molar-refractivity contribution in [1.29, 1.82) is 0 Å². The van der Waals surface area contributed by atoms with Crippen molar-refractivity contribution in [1.82, 2.24) is 5.32 Å². The highest BCUT2D eigenvalue weighted by molar-refractivity contribution is 14.1. The van der Waals surface area contributed by atoms with Crippen LogP contribution in [0.2, 0.25) is 0 Å². The molecule has 3 nitrogen and oxygen atoms in total. The van der Waals surface area contributed by atoms with Crippen LogP contribution in [0.25, 0.3) is 0 Å². The van der Waals surface area contributed by atoms with E-state index in [0.29, 0.717) is 13.2 Å². The highest BCUT2D eigenvalue weighted by Crippen LogP contribution is 2.17. The van der Waals surface area contributed by atoms with Crippen LogP contribution in [0.1, 0.15) is 0 Å². The molecule has 0 aliphatic heterocycles. The molecule has 0 aromatic heterocycles. The largest absolute Gasteiger partial charge is 0.379 e. The number of carbonyl (C=O) groups excluding carboxylic acids is 1. The molecule has 1 N–H and O–H groups in total. The lowest BCUT2D eigenvalue weighted by Gasteiger charge is -2.02. The average Bonchev–Trinajstić information content (AvgIpc) is 2.40. The Hall–Kier alpha value is -0.530. The number of halogens is 1. The van der Waals surface area contributed by atoms with Crippen LogP contribution in [0.4, 0.5) is 0 Å². The molecule has 0 aliphatic carbocycles.